The van der Waals surface area contributed by atoms with Crippen molar-refractivity contribution in [1.82, 2.24) is 5.48 Å². The Morgan fingerprint density at radius 1 is 1.33 bits per heavy atom. The van der Waals surface area contributed by atoms with Crippen molar-refractivity contribution in [3.8, 4) is 0 Å². The molecule has 0 aliphatic rings. The normalized spacial score (nSPS) is 13.0. The van der Waals surface area contributed by atoms with Crippen molar-refractivity contribution in [2.45, 2.75) is 12.5 Å². The largest absolute Gasteiger partial charge is 0.468 e. The molecule has 1 aromatic carbocycles. The smallest absolute Gasteiger partial charge is 0.325 e. The van der Waals surface area contributed by atoms with Crippen LogP contribution in [0.5, 0.6) is 0 Å². The van der Waals surface area contributed by atoms with Gasteiger partial charge in [-0.25, -0.2) is 0 Å². The summed E-state index contributed by atoms with van der Waals surface area (Å²) in [6.07, 6.45) is 1.15. The average molecular weight is 273 g/mol. The molecule has 18 heavy (non-hydrogen) atoms. The second-order valence-electron chi connectivity index (χ2n) is 3.67. The molecule has 0 saturated heterocycles. The van der Waals surface area contributed by atoms with Gasteiger partial charge in [-0.3, -0.25) is 4.79 Å². The monoisotopic (exact) mass is 273 g/mol. The highest BCUT2D eigenvalue weighted by atomic mass is 32.2. The van der Waals surface area contributed by atoms with Crippen LogP contribution in [0, 0.1) is 0 Å². The van der Waals surface area contributed by atoms with Crippen LogP contribution in [0.2, 0.25) is 0 Å². The van der Waals surface area contributed by atoms with Gasteiger partial charge in [0, 0.05) is 6.42 Å². The first-order valence-electron chi connectivity index (χ1n) is 5.18. The molecule has 0 aliphatic heterocycles. The van der Waals surface area contributed by atoms with E-state index in [-0.39, 0.29) is 6.42 Å². The molecule has 100 valence electrons. The fraction of sp³-hybridized carbons (Fsp3) is 0.364. The predicted molar refractivity (Wildman–Crippen MR) is 65.0 cm³/mol. The van der Waals surface area contributed by atoms with Crippen LogP contribution in [0.25, 0.3) is 0 Å². The van der Waals surface area contributed by atoms with Crippen molar-refractivity contribution in [3.63, 3.8) is 0 Å². The van der Waals surface area contributed by atoms with E-state index in [0.717, 1.165) is 11.8 Å². The lowest BCUT2D eigenvalue weighted by atomic mass is 10.1. The van der Waals surface area contributed by atoms with Crippen LogP contribution in [0.1, 0.15) is 5.56 Å². The fourth-order valence-corrected chi connectivity index (χ4v) is 1.60. The summed E-state index contributed by atoms with van der Waals surface area (Å²) >= 11 is 0. The minimum Gasteiger partial charge on any atom is -0.468 e. The summed E-state index contributed by atoms with van der Waals surface area (Å²) in [6.45, 7) is 0. The molecule has 7 heteroatoms. The number of rotatable bonds is 6. The molecule has 0 amide bonds. The van der Waals surface area contributed by atoms with Crippen LogP contribution >= 0.6 is 0 Å². The minimum atomic E-state index is -3.67. The molecule has 6 nitrogen and oxygen atoms in total. The van der Waals surface area contributed by atoms with Gasteiger partial charge in [0.15, 0.2) is 0 Å². The summed E-state index contributed by atoms with van der Waals surface area (Å²) in [6, 6.07) is 8.24. The summed E-state index contributed by atoms with van der Waals surface area (Å²) in [4.78, 5) is 11.5. The first-order valence-corrected chi connectivity index (χ1v) is 7.00. The predicted octanol–water partition coefficient (Wildman–Crippen LogP) is 0.252. The third kappa shape index (κ3) is 5.26. The molecule has 0 aliphatic carbocycles. The van der Waals surface area contributed by atoms with Crippen molar-refractivity contribution < 1.29 is 22.2 Å². The molecular weight excluding hydrogens is 258 g/mol. The molecule has 0 spiro atoms. The molecule has 0 heterocycles. The van der Waals surface area contributed by atoms with Crippen LogP contribution < -0.4 is 5.48 Å². The number of hydroxylamine groups is 1. The molecular formula is C11H15NO5S. The van der Waals surface area contributed by atoms with E-state index < -0.39 is 22.1 Å². The molecule has 0 radical (unpaired) electrons. The minimum absolute atomic E-state index is 0.267. The Bertz CT molecular complexity index is 485. The van der Waals surface area contributed by atoms with Crippen LogP contribution in [0.3, 0.4) is 0 Å². The second kappa shape index (κ2) is 6.48. The van der Waals surface area contributed by atoms with Crippen molar-refractivity contribution >= 4 is 16.1 Å². The number of carbonyl (C=O) groups excluding carboxylic acids is 1. The Morgan fingerprint density at radius 2 is 1.94 bits per heavy atom. The zero-order valence-corrected chi connectivity index (χ0v) is 10.9. The highest BCUT2D eigenvalue weighted by Crippen LogP contribution is 2.05. The Morgan fingerprint density at radius 3 is 2.44 bits per heavy atom. The van der Waals surface area contributed by atoms with E-state index in [2.05, 4.69) is 14.5 Å². The molecule has 1 N–H and O–H groups in total. The van der Waals surface area contributed by atoms with Crippen molar-refractivity contribution in [3.05, 3.63) is 35.9 Å². The number of nitrogens with one attached hydrogen (secondary N) is 1. The third-order valence-electron chi connectivity index (χ3n) is 2.11. The molecule has 1 aromatic rings. The summed E-state index contributed by atoms with van der Waals surface area (Å²) in [5.74, 6) is -0.595. The maximum atomic E-state index is 11.5. The number of carbonyl (C=O) groups is 1. The van der Waals surface area contributed by atoms with E-state index in [9.17, 15) is 13.2 Å². The number of esters is 1. The number of benzene rings is 1. The van der Waals surface area contributed by atoms with E-state index in [1.165, 1.54) is 7.11 Å². The zero-order valence-electron chi connectivity index (χ0n) is 10.1. The van der Waals surface area contributed by atoms with Gasteiger partial charge in [0.2, 0.25) is 0 Å². The van der Waals surface area contributed by atoms with E-state index in [0.29, 0.717) is 0 Å². The van der Waals surface area contributed by atoms with Gasteiger partial charge in [-0.1, -0.05) is 30.3 Å². The lowest BCUT2D eigenvalue weighted by Gasteiger charge is -2.15. The highest BCUT2D eigenvalue weighted by Gasteiger charge is 2.21. The zero-order chi connectivity index (χ0) is 13.6. The molecule has 0 aromatic heterocycles. The molecule has 0 bridgehead atoms. The van der Waals surface area contributed by atoms with Crippen LogP contribution in [0.4, 0.5) is 0 Å². The standard InChI is InChI=1S/C11H15NO5S/c1-16-11(13)10(12-17-18(2,14)15)8-9-6-4-3-5-7-9/h3-7,10,12H,8H2,1-2H3/t10-/m1/s1. The molecule has 0 saturated carbocycles. The number of methoxy groups -OCH3 is 1. The van der Waals surface area contributed by atoms with E-state index >= 15 is 0 Å². The second-order valence-corrected chi connectivity index (χ2v) is 5.25. The topological polar surface area (TPSA) is 81.7 Å². The lowest BCUT2D eigenvalue weighted by molar-refractivity contribution is -0.145. The SMILES string of the molecule is COC(=O)[C@@H](Cc1ccccc1)NOS(C)(=O)=O. The third-order valence-corrected chi connectivity index (χ3v) is 2.51. The van der Waals surface area contributed by atoms with E-state index in [4.69, 9.17) is 0 Å². The Kier molecular flexibility index (Phi) is 5.26. The Hall–Kier alpha value is -1.44. The maximum absolute atomic E-state index is 11.5. The Balaban J connectivity index is 2.70. The van der Waals surface area contributed by atoms with Gasteiger partial charge in [-0.05, 0) is 5.56 Å². The molecule has 1 atom stereocenters. The highest BCUT2D eigenvalue weighted by molar-refractivity contribution is 7.85. The van der Waals surface area contributed by atoms with Gasteiger partial charge in [0.25, 0.3) is 10.1 Å². The maximum Gasteiger partial charge on any atom is 0.325 e. The lowest BCUT2D eigenvalue weighted by Crippen LogP contribution is -2.40. The van der Waals surface area contributed by atoms with E-state index in [1.807, 2.05) is 30.3 Å². The van der Waals surface area contributed by atoms with Crippen LogP contribution in [0.15, 0.2) is 30.3 Å². The number of ether oxygens (including phenoxy) is 1. The van der Waals surface area contributed by atoms with Crippen molar-refractivity contribution in [2.24, 2.45) is 0 Å². The first-order chi connectivity index (χ1) is 8.42. The first kappa shape index (κ1) is 14.6. The number of hydrogen-bond acceptors (Lipinski definition) is 6. The summed E-state index contributed by atoms with van der Waals surface area (Å²) in [7, 11) is -2.45. The summed E-state index contributed by atoms with van der Waals surface area (Å²) in [5, 5.41) is 0. The summed E-state index contributed by atoms with van der Waals surface area (Å²) < 4.78 is 30.7. The average Bonchev–Trinajstić information content (AvgIpc) is 2.33. The number of hydrogen-bond donors (Lipinski definition) is 1. The van der Waals surface area contributed by atoms with Crippen LogP contribution in [-0.4, -0.2) is 33.8 Å². The van der Waals surface area contributed by atoms with Gasteiger partial charge < -0.3 is 4.74 Å². The van der Waals surface area contributed by atoms with Gasteiger partial charge in [0.1, 0.15) is 6.04 Å². The van der Waals surface area contributed by atoms with Gasteiger partial charge in [0.05, 0.1) is 13.4 Å². The summed E-state index contributed by atoms with van der Waals surface area (Å²) in [5.41, 5.74) is 3.06. The quantitative estimate of drug-likeness (QED) is 0.591. The van der Waals surface area contributed by atoms with Gasteiger partial charge in [-0.15, -0.1) is 0 Å². The van der Waals surface area contributed by atoms with Crippen molar-refractivity contribution in [1.29, 1.82) is 0 Å². The van der Waals surface area contributed by atoms with Gasteiger partial charge >= 0.3 is 5.97 Å². The molecule has 0 unspecified atom stereocenters. The van der Waals surface area contributed by atoms with E-state index in [1.54, 1.807) is 0 Å². The fourth-order valence-electron chi connectivity index (χ4n) is 1.31. The molecule has 0 fully saturated rings. The van der Waals surface area contributed by atoms with Crippen LogP contribution in [-0.2, 0) is 30.4 Å². The van der Waals surface area contributed by atoms with Gasteiger partial charge in [-0.2, -0.15) is 18.2 Å². The van der Waals surface area contributed by atoms with Crippen molar-refractivity contribution in [2.75, 3.05) is 13.4 Å². The Labute approximate surface area is 106 Å². The molecule has 1 rings (SSSR count).